The molecule has 3 rings (SSSR count). The fraction of sp³-hybridized carbons (Fsp3) is 0.200. The number of benzene rings is 2. The standard InChI is InChI=1S/C20H20N2O2/c1-14-8-9-18-16(12-14)17(20(23)21-10-11-24-2)13-19(22-18)15-6-4-3-5-7-15/h3-9,12-13H,10-11H2,1-2H3,(H,21,23). The van der Waals surface area contributed by atoms with Gasteiger partial charge in [0.2, 0.25) is 0 Å². The molecule has 0 radical (unpaired) electrons. The van der Waals surface area contributed by atoms with Gasteiger partial charge in [-0.15, -0.1) is 0 Å². The maximum Gasteiger partial charge on any atom is 0.252 e. The predicted octanol–water partition coefficient (Wildman–Crippen LogP) is 3.59. The Balaban J connectivity index is 2.10. The first-order valence-corrected chi connectivity index (χ1v) is 7.93. The Hall–Kier alpha value is -2.72. The van der Waals surface area contributed by atoms with E-state index in [9.17, 15) is 4.79 Å². The van der Waals surface area contributed by atoms with Crippen molar-refractivity contribution in [3.63, 3.8) is 0 Å². The van der Waals surface area contributed by atoms with E-state index in [-0.39, 0.29) is 5.91 Å². The first-order chi connectivity index (χ1) is 11.7. The molecule has 4 heteroatoms. The van der Waals surface area contributed by atoms with E-state index < -0.39 is 0 Å². The lowest BCUT2D eigenvalue weighted by molar-refractivity contribution is 0.0938. The SMILES string of the molecule is COCCNC(=O)c1cc(-c2ccccc2)nc2ccc(C)cc12. The molecule has 0 aliphatic heterocycles. The maximum atomic E-state index is 12.6. The molecular formula is C20H20N2O2. The van der Waals surface area contributed by atoms with Crippen LogP contribution in [0.4, 0.5) is 0 Å². The predicted molar refractivity (Wildman–Crippen MR) is 96.1 cm³/mol. The van der Waals surface area contributed by atoms with Gasteiger partial charge in [-0.05, 0) is 25.1 Å². The van der Waals surface area contributed by atoms with Crippen molar-refractivity contribution < 1.29 is 9.53 Å². The van der Waals surface area contributed by atoms with Gasteiger partial charge in [0.25, 0.3) is 5.91 Å². The van der Waals surface area contributed by atoms with Gasteiger partial charge >= 0.3 is 0 Å². The molecule has 2 aromatic carbocycles. The van der Waals surface area contributed by atoms with Crippen molar-refractivity contribution in [3.8, 4) is 11.3 Å². The van der Waals surface area contributed by atoms with Crippen molar-refractivity contribution in [2.45, 2.75) is 6.92 Å². The molecule has 0 atom stereocenters. The normalized spacial score (nSPS) is 10.8. The molecule has 0 saturated heterocycles. The summed E-state index contributed by atoms with van der Waals surface area (Å²) in [5.41, 5.74) is 4.34. The minimum absolute atomic E-state index is 0.109. The van der Waals surface area contributed by atoms with E-state index in [0.29, 0.717) is 18.7 Å². The van der Waals surface area contributed by atoms with E-state index >= 15 is 0 Å². The van der Waals surface area contributed by atoms with Crippen LogP contribution in [0, 0.1) is 6.92 Å². The fourth-order valence-corrected chi connectivity index (χ4v) is 2.65. The van der Waals surface area contributed by atoms with Gasteiger partial charge in [0.05, 0.1) is 23.4 Å². The zero-order valence-corrected chi connectivity index (χ0v) is 13.9. The van der Waals surface area contributed by atoms with Gasteiger partial charge in [0.15, 0.2) is 0 Å². The van der Waals surface area contributed by atoms with Crippen LogP contribution in [0.25, 0.3) is 22.2 Å². The molecule has 4 nitrogen and oxygen atoms in total. The maximum absolute atomic E-state index is 12.6. The van der Waals surface area contributed by atoms with Crippen LogP contribution in [-0.4, -0.2) is 31.2 Å². The molecule has 1 aromatic heterocycles. The molecule has 0 spiro atoms. The summed E-state index contributed by atoms with van der Waals surface area (Å²) >= 11 is 0. The van der Waals surface area contributed by atoms with Gasteiger partial charge < -0.3 is 10.1 Å². The highest BCUT2D eigenvalue weighted by Crippen LogP contribution is 2.25. The number of carbonyl (C=O) groups is 1. The zero-order chi connectivity index (χ0) is 16.9. The average molecular weight is 320 g/mol. The minimum atomic E-state index is -0.109. The third kappa shape index (κ3) is 3.44. The highest BCUT2D eigenvalue weighted by Gasteiger charge is 2.14. The number of ether oxygens (including phenoxy) is 1. The molecule has 3 aromatic rings. The second-order valence-electron chi connectivity index (χ2n) is 5.69. The lowest BCUT2D eigenvalue weighted by Crippen LogP contribution is -2.27. The summed E-state index contributed by atoms with van der Waals surface area (Å²) in [6.07, 6.45) is 0. The van der Waals surface area contributed by atoms with Crippen LogP contribution in [-0.2, 0) is 4.74 Å². The molecule has 1 amide bonds. The molecule has 0 fully saturated rings. The summed E-state index contributed by atoms with van der Waals surface area (Å²) in [6.45, 7) is 2.97. The number of amides is 1. The zero-order valence-electron chi connectivity index (χ0n) is 13.9. The minimum Gasteiger partial charge on any atom is -0.383 e. The molecule has 0 bridgehead atoms. The lowest BCUT2D eigenvalue weighted by Gasteiger charge is -2.11. The van der Waals surface area contributed by atoms with E-state index in [1.807, 2.05) is 61.5 Å². The molecule has 24 heavy (non-hydrogen) atoms. The van der Waals surface area contributed by atoms with Gasteiger partial charge in [0.1, 0.15) is 0 Å². The third-order valence-corrected chi connectivity index (χ3v) is 3.87. The quantitative estimate of drug-likeness (QED) is 0.731. The first kappa shape index (κ1) is 16.1. The average Bonchev–Trinajstić information content (AvgIpc) is 2.61. The van der Waals surface area contributed by atoms with Crippen LogP contribution < -0.4 is 5.32 Å². The topological polar surface area (TPSA) is 51.2 Å². The van der Waals surface area contributed by atoms with E-state index in [0.717, 1.165) is 27.7 Å². The molecular weight excluding hydrogens is 300 g/mol. The van der Waals surface area contributed by atoms with Crippen molar-refractivity contribution in [3.05, 3.63) is 65.7 Å². The molecule has 1 heterocycles. The Morgan fingerprint density at radius 2 is 1.92 bits per heavy atom. The third-order valence-electron chi connectivity index (χ3n) is 3.87. The fourth-order valence-electron chi connectivity index (χ4n) is 2.65. The number of hydrogen-bond acceptors (Lipinski definition) is 3. The number of nitrogens with zero attached hydrogens (tertiary/aromatic N) is 1. The lowest BCUT2D eigenvalue weighted by atomic mass is 10.0. The number of nitrogens with one attached hydrogen (secondary N) is 1. The van der Waals surface area contributed by atoms with Crippen molar-refractivity contribution in [2.24, 2.45) is 0 Å². The van der Waals surface area contributed by atoms with Crippen molar-refractivity contribution in [1.29, 1.82) is 0 Å². The second kappa shape index (κ2) is 7.23. The van der Waals surface area contributed by atoms with Crippen LogP contribution in [0.3, 0.4) is 0 Å². The van der Waals surface area contributed by atoms with Crippen molar-refractivity contribution in [1.82, 2.24) is 10.3 Å². The van der Waals surface area contributed by atoms with Gasteiger partial charge in [-0.1, -0.05) is 42.0 Å². The second-order valence-corrected chi connectivity index (χ2v) is 5.69. The van der Waals surface area contributed by atoms with Gasteiger partial charge in [-0.2, -0.15) is 0 Å². The Labute approximate surface area is 141 Å². The number of methoxy groups -OCH3 is 1. The van der Waals surface area contributed by atoms with Crippen LogP contribution >= 0.6 is 0 Å². The monoisotopic (exact) mass is 320 g/mol. The molecule has 0 aliphatic rings. The van der Waals surface area contributed by atoms with E-state index in [2.05, 4.69) is 5.32 Å². The summed E-state index contributed by atoms with van der Waals surface area (Å²) < 4.78 is 5.00. The van der Waals surface area contributed by atoms with E-state index in [1.54, 1.807) is 7.11 Å². The Bertz CT molecular complexity index is 860. The number of fused-ring (bicyclic) bond motifs is 1. The number of rotatable bonds is 5. The molecule has 122 valence electrons. The highest BCUT2D eigenvalue weighted by molar-refractivity contribution is 6.07. The number of aromatic nitrogens is 1. The van der Waals surface area contributed by atoms with Crippen LogP contribution in [0.1, 0.15) is 15.9 Å². The van der Waals surface area contributed by atoms with Crippen LogP contribution in [0.15, 0.2) is 54.6 Å². The van der Waals surface area contributed by atoms with Gasteiger partial charge in [-0.3, -0.25) is 4.79 Å². The Morgan fingerprint density at radius 3 is 2.67 bits per heavy atom. The van der Waals surface area contributed by atoms with Crippen LogP contribution in [0.5, 0.6) is 0 Å². The molecule has 0 aliphatic carbocycles. The van der Waals surface area contributed by atoms with Crippen molar-refractivity contribution >= 4 is 16.8 Å². The highest BCUT2D eigenvalue weighted by atomic mass is 16.5. The van der Waals surface area contributed by atoms with Gasteiger partial charge in [0, 0.05) is 24.6 Å². The van der Waals surface area contributed by atoms with E-state index in [4.69, 9.17) is 9.72 Å². The van der Waals surface area contributed by atoms with Crippen molar-refractivity contribution in [2.75, 3.05) is 20.3 Å². The number of carbonyl (C=O) groups excluding carboxylic acids is 1. The summed E-state index contributed by atoms with van der Waals surface area (Å²) in [6, 6.07) is 17.7. The summed E-state index contributed by atoms with van der Waals surface area (Å²) in [7, 11) is 1.62. The molecule has 1 N–H and O–H groups in total. The van der Waals surface area contributed by atoms with Crippen LogP contribution in [0.2, 0.25) is 0 Å². The first-order valence-electron chi connectivity index (χ1n) is 7.93. The summed E-state index contributed by atoms with van der Waals surface area (Å²) in [4.78, 5) is 17.4. The summed E-state index contributed by atoms with van der Waals surface area (Å²) in [5.74, 6) is -0.109. The Morgan fingerprint density at radius 1 is 1.12 bits per heavy atom. The number of hydrogen-bond donors (Lipinski definition) is 1. The summed E-state index contributed by atoms with van der Waals surface area (Å²) in [5, 5.41) is 3.76. The molecule has 0 saturated carbocycles. The molecule has 0 unspecified atom stereocenters. The Kier molecular flexibility index (Phi) is 4.87. The number of aryl methyl sites for hydroxylation is 1. The van der Waals surface area contributed by atoms with E-state index in [1.165, 1.54) is 0 Å². The van der Waals surface area contributed by atoms with Gasteiger partial charge in [-0.25, -0.2) is 4.98 Å². The largest absolute Gasteiger partial charge is 0.383 e. The smallest absolute Gasteiger partial charge is 0.252 e. The number of pyridine rings is 1.